The second-order valence-corrected chi connectivity index (χ2v) is 7.53. The zero-order chi connectivity index (χ0) is 22.5. The first kappa shape index (κ1) is 22.1. The summed E-state index contributed by atoms with van der Waals surface area (Å²) in [6.45, 7) is 5.73. The van der Waals surface area contributed by atoms with E-state index in [0.717, 1.165) is 16.5 Å². The highest BCUT2D eigenvalue weighted by atomic mass is 16.5. The maximum absolute atomic E-state index is 12.2. The third-order valence-corrected chi connectivity index (χ3v) is 4.95. The molecule has 0 aliphatic rings. The van der Waals surface area contributed by atoms with Crippen molar-refractivity contribution >= 4 is 22.8 Å². The highest BCUT2D eigenvalue weighted by Crippen LogP contribution is 2.27. The second kappa shape index (κ2) is 9.47. The van der Waals surface area contributed by atoms with Crippen LogP contribution < -0.4 is 15.7 Å². The van der Waals surface area contributed by atoms with Crippen molar-refractivity contribution in [2.45, 2.75) is 33.3 Å². The Kier molecular flexibility index (Phi) is 6.74. The van der Waals surface area contributed by atoms with Crippen LogP contribution in [-0.2, 0) is 16.1 Å². The normalized spacial score (nSPS) is 10.9. The van der Waals surface area contributed by atoms with Gasteiger partial charge in [0, 0.05) is 22.6 Å². The molecule has 0 fully saturated rings. The monoisotopic (exact) mass is 423 g/mol. The smallest absolute Gasteiger partial charge is 0.336 e. The third-order valence-electron chi connectivity index (χ3n) is 4.95. The molecular formula is C24H25NO6. The number of carbonyl (C=O) groups is 2. The van der Waals surface area contributed by atoms with E-state index in [1.54, 1.807) is 24.3 Å². The summed E-state index contributed by atoms with van der Waals surface area (Å²) in [5, 5.41) is 3.24. The first-order valence-corrected chi connectivity index (χ1v) is 9.93. The van der Waals surface area contributed by atoms with Crippen LogP contribution in [0.1, 0.15) is 46.8 Å². The number of hydrogen-bond acceptors (Lipinski definition) is 6. The highest BCUT2D eigenvalue weighted by molar-refractivity contribution is 5.96. The van der Waals surface area contributed by atoms with Crippen molar-refractivity contribution in [3.05, 3.63) is 75.1 Å². The summed E-state index contributed by atoms with van der Waals surface area (Å²) in [6.07, 6.45) is 0. The molecule has 0 unspecified atom stereocenters. The van der Waals surface area contributed by atoms with Crippen molar-refractivity contribution in [3.63, 3.8) is 0 Å². The quantitative estimate of drug-likeness (QED) is 0.460. The van der Waals surface area contributed by atoms with Crippen LogP contribution in [-0.4, -0.2) is 25.5 Å². The highest BCUT2D eigenvalue weighted by Gasteiger charge is 2.14. The fourth-order valence-corrected chi connectivity index (χ4v) is 3.36. The van der Waals surface area contributed by atoms with Gasteiger partial charge in [0.1, 0.15) is 24.5 Å². The summed E-state index contributed by atoms with van der Waals surface area (Å²) in [7, 11) is 1.51. The number of rotatable bonds is 7. The number of nitrogens with one attached hydrogen (secondary N) is 1. The number of aryl methyl sites for hydroxylation is 1. The lowest BCUT2D eigenvalue weighted by molar-refractivity contribution is -0.143. The first-order valence-electron chi connectivity index (χ1n) is 9.93. The summed E-state index contributed by atoms with van der Waals surface area (Å²) in [5.41, 5.74) is 3.02. The molecule has 0 saturated heterocycles. The molecule has 7 nitrogen and oxygen atoms in total. The Hall–Kier alpha value is -3.61. The Balaban J connectivity index is 1.69. The number of esters is 1. The van der Waals surface area contributed by atoms with Gasteiger partial charge in [0.2, 0.25) is 0 Å². The Bertz CT molecular complexity index is 1180. The average Bonchev–Trinajstić information content (AvgIpc) is 2.74. The van der Waals surface area contributed by atoms with Gasteiger partial charge >= 0.3 is 11.6 Å². The number of amides is 1. The Labute approximate surface area is 180 Å². The van der Waals surface area contributed by atoms with Crippen molar-refractivity contribution in [3.8, 4) is 5.75 Å². The van der Waals surface area contributed by atoms with E-state index in [1.807, 2.05) is 19.1 Å². The number of carbonyl (C=O) groups excluding carboxylic acids is 2. The largest absolute Gasteiger partial charge is 0.497 e. The molecule has 1 amide bonds. The summed E-state index contributed by atoms with van der Waals surface area (Å²) in [6, 6.07) is 11.7. The van der Waals surface area contributed by atoms with Crippen molar-refractivity contribution in [1.82, 2.24) is 5.32 Å². The number of methoxy groups -OCH3 is 1. The SMILES string of the molecule is COc1cccc(C(=O)NCC(=O)OCc2cc(=O)oc3cc(C)c(C(C)C)cc23)c1. The minimum atomic E-state index is -0.617. The minimum Gasteiger partial charge on any atom is -0.497 e. The first-order chi connectivity index (χ1) is 14.8. The van der Waals surface area contributed by atoms with Crippen molar-refractivity contribution in [2.24, 2.45) is 0 Å². The summed E-state index contributed by atoms with van der Waals surface area (Å²) in [5.74, 6) is -0.202. The van der Waals surface area contributed by atoms with Crippen LogP contribution >= 0.6 is 0 Å². The van der Waals surface area contributed by atoms with E-state index in [1.165, 1.54) is 13.2 Å². The molecule has 0 aliphatic carbocycles. The molecule has 31 heavy (non-hydrogen) atoms. The van der Waals surface area contributed by atoms with Crippen LogP contribution in [0.5, 0.6) is 5.75 Å². The predicted octanol–water partition coefficient (Wildman–Crippen LogP) is 3.71. The van der Waals surface area contributed by atoms with E-state index in [9.17, 15) is 14.4 Å². The van der Waals surface area contributed by atoms with Crippen LogP contribution in [0.3, 0.4) is 0 Å². The topological polar surface area (TPSA) is 94.8 Å². The lowest BCUT2D eigenvalue weighted by atomic mass is 9.95. The minimum absolute atomic E-state index is 0.101. The molecule has 1 aromatic heterocycles. The van der Waals surface area contributed by atoms with Gasteiger partial charge in [-0.1, -0.05) is 19.9 Å². The average molecular weight is 423 g/mol. The Morgan fingerprint density at radius 1 is 1.13 bits per heavy atom. The van der Waals surface area contributed by atoms with E-state index < -0.39 is 17.5 Å². The lowest BCUT2D eigenvalue weighted by Gasteiger charge is -2.13. The van der Waals surface area contributed by atoms with Crippen LogP contribution in [0.4, 0.5) is 0 Å². The van der Waals surface area contributed by atoms with Gasteiger partial charge in [-0.2, -0.15) is 0 Å². The van der Waals surface area contributed by atoms with Crippen LogP contribution in [0, 0.1) is 6.92 Å². The fraction of sp³-hybridized carbons (Fsp3) is 0.292. The molecule has 1 N–H and O–H groups in total. The lowest BCUT2D eigenvalue weighted by Crippen LogP contribution is -2.30. The fourth-order valence-electron chi connectivity index (χ4n) is 3.36. The van der Waals surface area contributed by atoms with Crippen LogP contribution in [0.25, 0.3) is 11.0 Å². The summed E-state index contributed by atoms with van der Waals surface area (Å²) in [4.78, 5) is 36.3. The van der Waals surface area contributed by atoms with Gasteiger partial charge in [-0.25, -0.2) is 4.79 Å². The molecule has 0 radical (unpaired) electrons. The predicted molar refractivity (Wildman–Crippen MR) is 116 cm³/mol. The molecule has 0 atom stereocenters. The van der Waals surface area contributed by atoms with Crippen LogP contribution in [0.2, 0.25) is 0 Å². The van der Waals surface area contributed by atoms with E-state index in [-0.39, 0.29) is 13.2 Å². The number of ether oxygens (including phenoxy) is 2. The molecule has 2 aromatic carbocycles. The van der Waals surface area contributed by atoms with E-state index in [4.69, 9.17) is 13.9 Å². The van der Waals surface area contributed by atoms with Gasteiger partial charge in [0.05, 0.1) is 7.11 Å². The zero-order valence-corrected chi connectivity index (χ0v) is 18.0. The molecule has 7 heteroatoms. The molecule has 1 heterocycles. The van der Waals surface area contributed by atoms with Crippen molar-refractivity contribution < 1.29 is 23.5 Å². The van der Waals surface area contributed by atoms with Gasteiger partial charge in [-0.05, 0) is 54.3 Å². The molecular weight excluding hydrogens is 398 g/mol. The Morgan fingerprint density at radius 3 is 2.61 bits per heavy atom. The Morgan fingerprint density at radius 2 is 1.90 bits per heavy atom. The molecule has 3 aromatic rings. The van der Waals surface area contributed by atoms with E-state index >= 15 is 0 Å². The maximum atomic E-state index is 12.2. The summed E-state index contributed by atoms with van der Waals surface area (Å²) >= 11 is 0. The van der Waals surface area contributed by atoms with Gasteiger partial charge in [-0.15, -0.1) is 0 Å². The van der Waals surface area contributed by atoms with Crippen molar-refractivity contribution in [2.75, 3.05) is 13.7 Å². The van der Waals surface area contributed by atoms with Crippen LogP contribution in [0.15, 0.2) is 51.7 Å². The van der Waals surface area contributed by atoms with Gasteiger partial charge in [0.15, 0.2) is 0 Å². The summed E-state index contributed by atoms with van der Waals surface area (Å²) < 4.78 is 15.7. The molecule has 0 saturated carbocycles. The molecule has 0 aliphatic heterocycles. The zero-order valence-electron chi connectivity index (χ0n) is 18.0. The molecule has 162 valence electrons. The molecule has 0 bridgehead atoms. The van der Waals surface area contributed by atoms with E-state index in [2.05, 4.69) is 19.2 Å². The second-order valence-electron chi connectivity index (χ2n) is 7.53. The maximum Gasteiger partial charge on any atom is 0.336 e. The van der Waals surface area contributed by atoms with Gasteiger partial charge in [0.25, 0.3) is 5.91 Å². The third kappa shape index (κ3) is 5.31. The van der Waals surface area contributed by atoms with Gasteiger partial charge < -0.3 is 19.2 Å². The number of hydrogen-bond donors (Lipinski definition) is 1. The molecule has 0 spiro atoms. The standard InChI is InChI=1S/C24H25NO6/c1-14(2)19-11-20-17(10-22(26)31-21(20)8-15(19)3)13-30-23(27)12-25-24(28)16-6-5-7-18(9-16)29-4/h5-11,14H,12-13H2,1-4H3,(H,25,28). The molecule has 3 rings (SSSR count). The number of fused-ring (bicyclic) bond motifs is 1. The van der Waals surface area contributed by atoms with Gasteiger partial charge in [-0.3, -0.25) is 9.59 Å². The van der Waals surface area contributed by atoms with E-state index in [0.29, 0.717) is 28.4 Å². The number of benzene rings is 2. The van der Waals surface area contributed by atoms with Crippen molar-refractivity contribution in [1.29, 1.82) is 0 Å².